The highest BCUT2D eigenvalue weighted by Crippen LogP contribution is 2.31. The minimum absolute atomic E-state index is 0.294. The van der Waals surface area contributed by atoms with Crippen LogP contribution in [0, 0.1) is 5.82 Å². The fourth-order valence-corrected chi connectivity index (χ4v) is 3.09. The maximum Gasteiger partial charge on any atom is 0.295 e. The SMILES string of the molecule is CON(C)C(=O)c1ccnn1-c1c(Br)cc(F)cc1Br. The first-order chi connectivity index (χ1) is 9.45. The van der Waals surface area contributed by atoms with E-state index in [9.17, 15) is 9.18 Å². The summed E-state index contributed by atoms with van der Waals surface area (Å²) in [5.41, 5.74) is 0.826. The molecule has 0 saturated heterocycles. The van der Waals surface area contributed by atoms with E-state index in [1.807, 2.05) is 0 Å². The van der Waals surface area contributed by atoms with E-state index in [1.54, 1.807) is 6.07 Å². The van der Waals surface area contributed by atoms with E-state index in [0.29, 0.717) is 20.3 Å². The third kappa shape index (κ3) is 2.77. The minimum Gasteiger partial charge on any atom is -0.274 e. The summed E-state index contributed by atoms with van der Waals surface area (Å²) in [6.45, 7) is 0. The molecule has 0 radical (unpaired) electrons. The lowest BCUT2D eigenvalue weighted by Crippen LogP contribution is -2.27. The molecule has 5 nitrogen and oxygen atoms in total. The van der Waals surface area contributed by atoms with Crippen LogP contribution in [-0.2, 0) is 4.84 Å². The van der Waals surface area contributed by atoms with E-state index in [1.165, 1.54) is 37.2 Å². The van der Waals surface area contributed by atoms with Crippen LogP contribution in [0.3, 0.4) is 0 Å². The summed E-state index contributed by atoms with van der Waals surface area (Å²) in [5.74, 6) is -0.769. The van der Waals surface area contributed by atoms with E-state index in [2.05, 4.69) is 37.0 Å². The molecule has 1 heterocycles. The van der Waals surface area contributed by atoms with Crippen LogP contribution in [0.4, 0.5) is 4.39 Å². The standard InChI is InChI=1S/C12H10Br2FN3O2/c1-17(20-2)12(19)10-3-4-16-18(10)11-8(13)5-7(15)6-9(11)14/h3-6H,1-2H3. The Labute approximate surface area is 131 Å². The average molecular weight is 407 g/mol. The van der Waals surface area contributed by atoms with Crippen molar-refractivity contribution in [1.29, 1.82) is 0 Å². The number of halogens is 3. The Morgan fingerprint density at radius 1 is 1.40 bits per heavy atom. The maximum atomic E-state index is 13.3. The number of carbonyl (C=O) groups is 1. The molecule has 106 valence electrons. The van der Waals surface area contributed by atoms with Gasteiger partial charge in [0.25, 0.3) is 5.91 Å². The first-order valence-corrected chi connectivity index (χ1v) is 7.05. The second-order valence-electron chi connectivity index (χ2n) is 3.83. The van der Waals surface area contributed by atoms with Crippen molar-refractivity contribution in [1.82, 2.24) is 14.8 Å². The van der Waals surface area contributed by atoms with Gasteiger partial charge >= 0.3 is 0 Å². The average Bonchev–Trinajstić information content (AvgIpc) is 2.84. The van der Waals surface area contributed by atoms with Crippen LogP contribution in [-0.4, -0.2) is 34.9 Å². The van der Waals surface area contributed by atoms with E-state index >= 15 is 0 Å². The summed E-state index contributed by atoms with van der Waals surface area (Å²) in [6.07, 6.45) is 1.49. The predicted octanol–water partition coefficient (Wildman–Crippen LogP) is 3.17. The van der Waals surface area contributed by atoms with E-state index in [-0.39, 0.29) is 5.91 Å². The summed E-state index contributed by atoms with van der Waals surface area (Å²) in [4.78, 5) is 17.0. The fraction of sp³-hybridized carbons (Fsp3) is 0.167. The van der Waals surface area contributed by atoms with Crippen LogP contribution < -0.4 is 0 Å². The normalized spacial score (nSPS) is 10.7. The van der Waals surface area contributed by atoms with Crippen LogP contribution in [0.15, 0.2) is 33.3 Å². The highest BCUT2D eigenvalue weighted by atomic mass is 79.9. The summed E-state index contributed by atoms with van der Waals surface area (Å²) in [7, 11) is 2.89. The van der Waals surface area contributed by atoms with Gasteiger partial charge in [-0.3, -0.25) is 9.63 Å². The molecule has 1 amide bonds. The Balaban J connectivity index is 2.56. The molecule has 0 atom stereocenters. The van der Waals surface area contributed by atoms with Crippen molar-refractivity contribution in [2.75, 3.05) is 14.2 Å². The van der Waals surface area contributed by atoms with Gasteiger partial charge in [0.1, 0.15) is 11.5 Å². The number of hydrogen-bond donors (Lipinski definition) is 0. The molecule has 0 N–H and O–H groups in total. The zero-order valence-corrected chi connectivity index (χ0v) is 13.8. The number of hydrogen-bond acceptors (Lipinski definition) is 3. The molecular formula is C12H10Br2FN3O2. The molecular weight excluding hydrogens is 397 g/mol. The van der Waals surface area contributed by atoms with Crippen molar-refractivity contribution in [2.45, 2.75) is 0 Å². The van der Waals surface area contributed by atoms with Crippen molar-refractivity contribution in [3.8, 4) is 5.69 Å². The molecule has 0 aliphatic carbocycles. The van der Waals surface area contributed by atoms with Gasteiger partial charge in [-0.25, -0.2) is 14.1 Å². The Morgan fingerprint density at radius 2 is 2.00 bits per heavy atom. The van der Waals surface area contributed by atoms with Crippen LogP contribution >= 0.6 is 31.9 Å². The molecule has 8 heteroatoms. The topological polar surface area (TPSA) is 47.4 Å². The Hall–Kier alpha value is -1.25. The summed E-state index contributed by atoms with van der Waals surface area (Å²) >= 11 is 6.54. The fourth-order valence-electron chi connectivity index (χ4n) is 1.62. The van der Waals surface area contributed by atoms with Gasteiger partial charge in [0.15, 0.2) is 0 Å². The quantitative estimate of drug-likeness (QED) is 0.735. The number of aromatic nitrogens is 2. The zero-order valence-electron chi connectivity index (χ0n) is 10.6. The molecule has 0 saturated carbocycles. The Kier molecular flexibility index (Phi) is 4.56. The molecule has 0 unspecified atom stereocenters. The highest BCUT2D eigenvalue weighted by molar-refractivity contribution is 9.11. The first-order valence-electron chi connectivity index (χ1n) is 5.46. The third-order valence-electron chi connectivity index (χ3n) is 2.62. The lowest BCUT2D eigenvalue weighted by atomic mass is 10.3. The molecule has 0 fully saturated rings. The van der Waals surface area contributed by atoms with Crippen LogP contribution in [0.2, 0.25) is 0 Å². The molecule has 1 aromatic heterocycles. The van der Waals surface area contributed by atoms with Gasteiger partial charge in [0, 0.05) is 16.0 Å². The second kappa shape index (κ2) is 6.02. The van der Waals surface area contributed by atoms with Crippen LogP contribution in [0.5, 0.6) is 0 Å². The molecule has 2 rings (SSSR count). The monoisotopic (exact) mass is 405 g/mol. The number of nitrogens with zero attached hydrogens (tertiary/aromatic N) is 3. The Morgan fingerprint density at radius 3 is 2.55 bits per heavy atom. The zero-order chi connectivity index (χ0) is 14.9. The van der Waals surface area contributed by atoms with Crippen molar-refractivity contribution in [2.24, 2.45) is 0 Å². The van der Waals surface area contributed by atoms with Crippen molar-refractivity contribution >= 4 is 37.8 Å². The largest absolute Gasteiger partial charge is 0.295 e. The van der Waals surface area contributed by atoms with E-state index < -0.39 is 5.82 Å². The lowest BCUT2D eigenvalue weighted by Gasteiger charge is -2.16. The Bertz CT molecular complexity index is 637. The third-order valence-corrected chi connectivity index (χ3v) is 3.82. The summed E-state index contributed by atoms with van der Waals surface area (Å²) in [5, 5.41) is 5.19. The minimum atomic E-state index is -0.401. The maximum absolute atomic E-state index is 13.3. The van der Waals surface area contributed by atoms with E-state index in [0.717, 1.165) is 5.06 Å². The van der Waals surface area contributed by atoms with Crippen molar-refractivity contribution in [3.63, 3.8) is 0 Å². The van der Waals surface area contributed by atoms with Crippen LogP contribution in [0.1, 0.15) is 10.5 Å². The second-order valence-corrected chi connectivity index (χ2v) is 5.54. The van der Waals surface area contributed by atoms with Crippen molar-refractivity contribution in [3.05, 3.63) is 44.9 Å². The molecule has 20 heavy (non-hydrogen) atoms. The summed E-state index contributed by atoms with van der Waals surface area (Å²) in [6, 6.07) is 4.16. The molecule has 0 aliphatic heterocycles. The highest BCUT2D eigenvalue weighted by Gasteiger charge is 2.20. The van der Waals surface area contributed by atoms with Gasteiger partial charge in [-0.2, -0.15) is 5.10 Å². The smallest absolute Gasteiger partial charge is 0.274 e. The molecule has 0 aliphatic rings. The van der Waals surface area contributed by atoms with Gasteiger partial charge in [0.05, 0.1) is 19.0 Å². The molecule has 2 aromatic rings. The predicted molar refractivity (Wildman–Crippen MR) is 78.0 cm³/mol. The van der Waals surface area contributed by atoms with Gasteiger partial charge in [-0.15, -0.1) is 0 Å². The number of benzene rings is 1. The van der Waals surface area contributed by atoms with Gasteiger partial charge in [-0.05, 0) is 50.1 Å². The van der Waals surface area contributed by atoms with Crippen molar-refractivity contribution < 1.29 is 14.0 Å². The number of rotatable bonds is 3. The molecule has 0 bridgehead atoms. The molecule has 1 aromatic carbocycles. The number of carbonyl (C=O) groups excluding carboxylic acids is 1. The van der Waals surface area contributed by atoms with Gasteiger partial charge in [-0.1, -0.05) is 0 Å². The van der Waals surface area contributed by atoms with E-state index in [4.69, 9.17) is 4.84 Å². The number of hydroxylamine groups is 2. The van der Waals surface area contributed by atoms with Gasteiger partial charge in [0.2, 0.25) is 0 Å². The lowest BCUT2D eigenvalue weighted by molar-refractivity contribution is -0.0762. The molecule has 0 spiro atoms. The number of amides is 1. The summed E-state index contributed by atoms with van der Waals surface area (Å²) < 4.78 is 15.7. The van der Waals surface area contributed by atoms with Gasteiger partial charge < -0.3 is 0 Å². The van der Waals surface area contributed by atoms with Crippen LogP contribution in [0.25, 0.3) is 5.69 Å². The first kappa shape index (κ1) is 15.1.